The Morgan fingerprint density at radius 2 is 1.91 bits per heavy atom. The van der Waals surface area contributed by atoms with E-state index < -0.39 is 0 Å². The van der Waals surface area contributed by atoms with Crippen LogP contribution in [0.4, 0.5) is 5.82 Å². The molecule has 3 N–H and O–H groups in total. The average Bonchev–Trinajstić information content (AvgIpc) is 3.54. The summed E-state index contributed by atoms with van der Waals surface area (Å²) in [4.78, 5) is 19.9. The van der Waals surface area contributed by atoms with E-state index in [1.165, 1.54) is 13.5 Å². The van der Waals surface area contributed by atoms with Gasteiger partial charge < -0.3 is 20.4 Å². The Hall–Kier alpha value is -2.16. The molecule has 0 radical (unpaired) electrons. The van der Waals surface area contributed by atoms with Crippen LogP contribution in [0.25, 0.3) is 22.4 Å². The number of aromatic amines is 1. The van der Waals surface area contributed by atoms with Crippen molar-refractivity contribution in [2.45, 2.75) is 58.2 Å². The molecule has 0 aromatic carbocycles. The van der Waals surface area contributed by atoms with Crippen LogP contribution >= 0.6 is 11.8 Å². The van der Waals surface area contributed by atoms with E-state index in [1.807, 2.05) is 64.0 Å². The summed E-state index contributed by atoms with van der Waals surface area (Å²) in [6.07, 6.45) is 7.12. The Bertz CT molecular complexity index is 978. The van der Waals surface area contributed by atoms with Gasteiger partial charge in [0.1, 0.15) is 11.5 Å². The molecule has 33 heavy (non-hydrogen) atoms. The molecule has 0 spiro atoms. The van der Waals surface area contributed by atoms with Gasteiger partial charge >= 0.3 is 0 Å². The number of H-pyrrole nitrogens is 1. The minimum Gasteiger partial charge on any atom is -0.377 e. The second-order valence-corrected chi connectivity index (χ2v) is 8.38. The van der Waals surface area contributed by atoms with Crippen molar-refractivity contribution >= 4 is 28.6 Å². The van der Waals surface area contributed by atoms with Gasteiger partial charge in [-0.1, -0.05) is 27.7 Å². The number of ether oxygens (including phenoxy) is 1. The summed E-state index contributed by atoms with van der Waals surface area (Å²) >= 11 is 1.93. The van der Waals surface area contributed by atoms with Gasteiger partial charge in [-0.25, -0.2) is 15.0 Å². The van der Waals surface area contributed by atoms with Gasteiger partial charge in [0.15, 0.2) is 5.82 Å². The van der Waals surface area contributed by atoms with Crippen LogP contribution in [0.15, 0.2) is 30.6 Å². The molecule has 1 saturated carbocycles. The third kappa shape index (κ3) is 6.25. The number of pyridine rings is 1. The van der Waals surface area contributed by atoms with Gasteiger partial charge in [-0.05, 0) is 38.8 Å². The van der Waals surface area contributed by atoms with Crippen LogP contribution < -0.4 is 10.6 Å². The SMILES string of the molecule is CC.CC.CN.CSC1CC1c1cc(N2CCOCC2C)nc(-c2ccnc3[nH]ccc23)n1. The van der Waals surface area contributed by atoms with Gasteiger partial charge in [-0.3, -0.25) is 0 Å². The number of anilines is 1. The number of nitrogens with zero attached hydrogens (tertiary/aromatic N) is 4. The lowest BCUT2D eigenvalue weighted by atomic mass is 10.1. The van der Waals surface area contributed by atoms with Gasteiger partial charge in [0, 0.05) is 47.1 Å². The fraction of sp³-hybridized carbons (Fsp3) is 0.560. The number of hydrogen-bond donors (Lipinski definition) is 2. The fourth-order valence-electron chi connectivity index (χ4n) is 3.88. The second kappa shape index (κ2) is 13.5. The monoisotopic (exact) mass is 472 g/mol. The third-order valence-corrected chi connectivity index (χ3v) is 6.64. The van der Waals surface area contributed by atoms with Crippen molar-refractivity contribution in [3.8, 4) is 11.4 Å². The summed E-state index contributed by atoms with van der Waals surface area (Å²) in [6.45, 7) is 12.5. The van der Waals surface area contributed by atoms with E-state index in [9.17, 15) is 0 Å². The zero-order chi connectivity index (χ0) is 24.4. The number of morpholine rings is 1. The summed E-state index contributed by atoms with van der Waals surface area (Å²) in [5.41, 5.74) is 7.57. The zero-order valence-electron chi connectivity index (χ0n) is 21.1. The number of hydrogen-bond acceptors (Lipinski definition) is 7. The van der Waals surface area contributed by atoms with Gasteiger partial charge in [-0.15, -0.1) is 0 Å². The third-order valence-electron chi connectivity index (χ3n) is 5.51. The number of aromatic nitrogens is 4. The van der Waals surface area contributed by atoms with Crippen LogP contribution in [0, 0.1) is 0 Å². The minimum atomic E-state index is 0.314. The molecular weight excluding hydrogens is 432 g/mol. The quantitative estimate of drug-likeness (QED) is 0.546. The molecule has 3 atom stereocenters. The van der Waals surface area contributed by atoms with E-state index in [1.54, 1.807) is 0 Å². The summed E-state index contributed by atoms with van der Waals surface area (Å²) in [7, 11) is 1.50. The predicted octanol–water partition coefficient (Wildman–Crippen LogP) is 5.09. The fourth-order valence-corrected chi connectivity index (χ4v) is 4.74. The first kappa shape index (κ1) is 27.1. The lowest BCUT2D eigenvalue weighted by molar-refractivity contribution is 0.0985. The molecule has 3 aromatic rings. The van der Waals surface area contributed by atoms with Crippen molar-refractivity contribution in [2.75, 3.05) is 38.0 Å². The number of fused-ring (bicyclic) bond motifs is 1. The standard InChI is InChI=1S/C20H23N5OS.2C2H6.CH5N/c1-12-11-26-8-7-25(12)18-10-16(15-9-17(15)27-2)23-20(24-18)14-4-6-22-19-13(14)3-5-21-19;3*1-2/h3-6,10,12,15,17H,7-9,11H2,1-2H3,(H,21,22);2*1-2H3;2H2,1H3. The maximum absolute atomic E-state index is 5.62. The van der Waals surface area contributed by atoms with E-state index >= 15 is 0 Å². The predicted molar refractivity (Wildman–Crippen MR) is 142 cm³/mol. The Labute approximate surface area is 202 Å². The van der Waals surface area contributed by atoms with E-state index in [0.717, 1.165) is 53.7 Å². The Morgan fingerprint density at radius 3 is 2.58 bits per heavy atom. The van der Waals surface area contributed by atoms with Crippen molar-refractivity contribution in [3.05, 3.63) is 36.3 Å². The molecule has 5 rings (SSSR count). The zero-order valence-corrected chi connectivity index (χ0v) is 21.9. The summed E-state index contributed by atoms with van der Waals surface area (Å²) < 4.78 is 5.62. The normalized spacial score (nSPS) is 21.1. The molecule has 8 heteroatoms. The molecule has 7 nitrogen and oxygen atoms in total. The number of rotatable bonds is 4. The van der Waals surface area contributed by atoms with E-state index in [4.69, 9.17) is 14.7 Å². The molecular formula is C25H40N6OS. The molecule has 4 heterocycles. The Morgan fingerprint density at radius 1 is 1.15 bits per heavy atom. The summed E-state index contributed by atoms with van der Waals surface area (Å²) in [6, 6.07) is 6.57. The minimum absolute atomic E-state index is 0.314. The molecule has 3 aromatic heterocycles. The maximum Gasteiger partial charge on any atom is 0.162 e. The number of nitrogens with one attached hydrogen (secondary N) is 1. The van der Waals surface area contributed by atoms with Crippen LogP contribution in [0.2, 0.25) is 0 Å². The first-order valence-electron chi connectivity index (χ1n) is 12.0. The first-order valence-corrected chi connectivity index (χ1v) is 13.3. The molecule has 1 aliphatic heterocycles. The van der Waals surface area contributed by atoms with Crippen molar-refractivity contribution in [1.29, 1.82) is 0 Å². The van der Waals surface area contributed by atoms with Crippen molar-refractivity contribution in [1.82, 2.24) is 19.9 Å². The largest absolute Gasteiger partial charge is 0.377 e. The first-order chi connectivity index (χ1) is 16.2. The average molecular weight is 473 g/mol. The number of nitrogens with two attached hydrogens (primary N) is 1. The van der Waals surface area contributed by atoms with Crippen LogP contribution in [0.3, 0.4) is 0 Å². The Kier molecular flexibility index (Phi) is 11.1. The van der Waals surface area contributed by atoms with Gasteiger partial charge in [0.25, 0.3) is 0 Å². The van der Waals surface area contributed by atoms with Gasteiger partial charge in [0.05, 0.1) is 24.9 Å². The van der Waals surface area contributed by atoms with Crippen LogP contribution in [0.5, 0.6) is 0 Å². The molecule has 1 saturated heterocycles. The molecule has 0 amide bonds. The lowest BCUT2D eigenvalue weighted by Crippen LogP contribution is -2.44. The van der Waals surface area contributed by atoms with E-state index in [-0.39, 0.29) is 0 Å². The number of thioether (sulfide) groups is 1. The highest BCUT2D eigenvalue weighted by Gasteiger charge is 2.39. The topological polar surface area (TPSA) is 93.0 Å². The molecule has 182 valence electrons. The van der Waals surface area contributed by atoms with Crippen molar-refractivity contribution in [2.24, 2.45) is 5.73 Å². The van der Waals surface area contributed by atoms with E-state index in [2.05, 4.69) is 39.8 Å². The van der Waals surface area contributed by atoms with Crippen LogP contribution in [-0.4, -0.2) is 64.3 Å². The molecule has 0 bridgehead atoms. The van der Waals surface area contributed by atoms with Crippen LogP contribution in [-0.2, 0) is 4.74 Å². The summed E-state index contributed by atoms with van der Waals surface area (Å²) in [5.74, 6) is 2.33. The van der Waals surface area contributed by atoms with Crippen LogP contribution in [0.1, 0.15) is 52.7 Å². The summed E-state index contributed by atoms with van der Waals surface area (Å²) in [5, 5.41) is 1.74. The highest BCUT2D eigenvalue weighted by molar-refractivity contribution is 7.99. The second-order valence-electron chi connectivity index (χ2n) is 7.31. The lowest BCUT2D eigenvalue weighted by Gasteiger charge is -2.34. The maximum atomic E-state index is 5.62. The highest BCUT2D eigenvalue weighted by Crippen LogP contribution is 2.48. The van der Waals surface area contributed by atoms with Crippen molar-refractivity contribution < 1.29 is 4.74 Å². The highest BCUT2D eigenvalue weighted by atomic mass is 32.2. The molecule has 2 fully saturated rings. The molecule has 2 aliphatic rings. The Balaban J connectivity index is 0.000000597. The van der Waals surface area contributed by atoms with E-state index in [0.29, 0.717) is 17.2 Å². The molecule has 3 unspecified atom stereocenters. The van der Waals surface area contributed by atoms with Gasteiger partial charge in [0.2, 0.25) is 0 Å². The smallest absolute Gasteiger partial charge is 0.162 e. The molecule has 1 aliphatic carbocycles. The van der Waals surface area contributed by atoms with Crippen molar-refractivity contribution in [3.63, 3.8) is 0 Å². The van der Waals surface area contributed by atoms with Gasteiger partial charge in [-0.2, -0.15) is 11.8 Å².